The minimum Gasteiger partial charge on any atom is -0.308 e. The molecule has 0 saturated heterocycles. The molecule has 1 aliphatic heterocycles. The number of benzene rings is 2. The number of anilines is 3. The predicted molar refractivity (Wildman–Crippen MR) is 118 cm³/mol. The maximum atomic E-state index is 14.5. The maximum Gasteiger partial charge on any atom is 0.230 e. The topological polar surface area (TPSA) is 86.8 Å². The Bertz CT molecular complexity index is 1180. The van der Waals surface area contributed by atoms with Crippen molar-refractivity contribution in [3.05, 3.63) is 42.2 Å². The zero-order chi connectivity index (χ0) is 22.5. The molecular weight excluding hydrogens is 421 g/mol. The Kier molecular flexibility index (Phi) is 5.25. The molecule has 0 bridgehead atoms. The highest BCUT2D eigenvalue weighted by Crippen LogP contribution is 2.42. The van der Waals surface area contributed by atoms with Crippen molar-refractivity contribution in [2.75, 3.05) is 27.3 Å². The lowest BCUT2D eigenvalue weighted by molar-refractivity contribution is -0.120. The average molecular weight is 446 g/mol. The first-order valence-corrected chi connectivity index (χ1v) is 12.0. The van der Waals surface area contributed by atoms with Crippen LogP contribution in [0.4, 0.5) is 21.5 Å². The van der Waals surface area contributed by atoms with Crippen LogP contribution in [0.2, 0.25) is 0 Å². The predicted octanol–water partition coefficient (Wildman–Crippen LogP) is 3.36. The van der Waals surface area contributed by atoms with Gasteiger partial charge in [-0.25, -0.2) is 12.8 Å². The van der Waals surface area contributed by atoms with E-state index in [-0.39, 0.29) is 29.5 Å². The van der Waals surface area contributed by atoms with Crippen molar-refractivity contribution in [3.63, 3.8) is 0 Å². The molecule has 1 heterocycles. The van der Waals surface area contributed by atoms with Crippen molar-refractivity contribution in [1.82, 2.24) is 0 Å². The van der Waals surface area contributed by atoms with E-state index in [1.54, 1.807) is 34.1 Å². The van der Waals surface area contributed by atoms with Crippen molar-refractivity contribution in [2.45, 2.75) is 32.7 Å². The second kappa shape index (κ2) is 7.64. The fourth-order valence-corrected chi connectivity index (χ4v) is 4.59. The minimum atomic E-state index is -3.60. The van der Waals surface area contributed by atoms with Gasteiger partial charge >= 0.3 is 0 Å². The van der Waals surface area contributed by atoms with Gasteiger partial charge in [-0.15, -0.1) is 0 Å². The van der Waals surface area contributed by atoms with Gasteiger partial charge in [-0.3, -0.25) is 14.3 Å². The van der Waals surface area contributed by atoms with Crippen LogP contribution in [0.5, 0.6) is 0 Å². The van der Waals surface area contributed by atoms with Crippen LogP contribution in [0.3, 0.4) is 0 Å². The van der Waals surface area contributed by atoms with Crippen molar-refractivity contribution in [3.8, 4) is 11.1 Å². The molecule has 2 amide bonds. The summed E-state index contributed by atoms with van der Waals surface area (Å²) in [5, 5.41) is 0. The van der Waals surface area contributed by atoms with E-state index in [1.165, 1.54) is 19.1 Å². The molecule has 31 heavy (non-hydrogen) atoms. The van der Waals surface area contributed by atoms with E-state index in [0.717, 1.165) is 19.1 Å². The molecule has 2 aromatic carbocycles. The van der Waals surface area contributed by atoms with Crippen molar-refractivity contribution < 1.29 is 22.4 Å². The summed E-state index contributed by atoms with van der Waals surface area (Å²) in [5.41, 5.74) is 2.34. The van der Waals surface area contributed by atoms with E-state index in [1.807, 2.05) is 6.92 Å². The summed E-state index contributed by atoms with van der Waals surface area (Å²) in [6.07, 6.45) is 2.70. The highest BCUT2D eigenvalue weighted by atomic mass is 32.2. The molecule has 0 radical (unpaired) electrons. The molecular formula is C22H24FN3O4S. The van der Waals surface area contributed by atoms with Gasteiger partial charge in [0.05, 0.1) is 29.4 Å². The van der Waals surface area contributed by atoms with Crippen molar-refractivity contribution in [1.29, 1.82) is 0 Å². The van der Waals surface area contributed by atoms with Crippen LogP contribution in [-0.2, 0) is 19.6 Å². The van der Waals surface area contributed by atoms with Gasteiger partial charge in [0.25, 0.3) is 0 Å². The number of nitrogens with one attached hydrogen (secondary N) is 1. The Morgan fingerprint density at radius 1 is 1.06 bits per heavy atom. The van der Waals surface area contributed by atoms with E-state index in [9.17, 15) is 22.4 Å². The number of carbonyl (C=O) groups excluding carboxylic acids is 2. The van der Waals surface area contributed by atoms with E-state index in [2.05, 4.69) is 4.72 Å². The first-order valence-electron chi connectivity index (χ1n) is 10.1. The number of fused-ring (bicyclic) bond motifs is 1. The molecule has 1 atom stereocenters. The third kappa shape index (κ3) is 4.27. The number of carbonyl (C=O) groups is 2. The zero-order valence-electron chi connectivity index (χ0n) is 17.6. The summed E-state index contributed by atoms with van der Waals surface area (Å²) >= 11 is 0. The van der Waals surface area contributed by atoms with Gasteiger partial charge in [0.1, 0.15) is 5.82 Å². The van der Waals surface area contributed by atoms with E-state index in [0.29, 0.717) is 29.0 Å². The lowest BCUT2D eigenvalue weighted by Crippen LogP contribution is -2.51. The van der Waals surface area contributed by atoms with Crippen LogP contribution in [0.1, 0.15) is 26.7 Å². The quantitative estimate of drug-likeness (QED) is 0.782. The van der Waals surface area contributed by atoms with Crippen LogP contribution >= 0.6 is 0 Å². The third-order valence-electron chi connectivity index (χ3n) is 5.54. The van der Waals surface area contributed by atoms with Gasteiger partial charge in [0.2, 0.25) is 21.8 Å². The number of hydrogen-bond acceptors (Lipinski definition) is 4. The molecule has 1 N–H and O–H groups in total. The second-order valence-electron chi connectivity index (χ2n) is 8.23. The molecule has 0 aromatic heterocycles. The first kappa shape index (κ1) is 21.3. The number of hydrogen-bond donors (Lipinski definition) is 1. The van der Waals surface area contributed by atoms with E-state index >= 15 is 0 Å². The van der Waals surface area contributed by atoms with Gasteiger partial charge < -0.3 is 9.80 Å². The molecule has 1 saturated carbocycles. The molecule has 9 heteroatoms. The standard InChI is InChI=1S/C22H24FN3O4S/c1-13-12-25(22(28)15-4-5-15)21-11-17(7-9-20(21)26(13)14(2)27)16-6-8-19(18(23)10-16)24-31(3,29)30/h6-11,13,15,24H,4-5,12H2,1-3H3/t13-/m0/s1. The summed E-state index contributed by atoms with van der Waals surface area (Å²) in [4.78, 5) is 28.6. The van der Waals surface area contributed by atoms with Crippen LogP contribution in [0.15, 0.2) is 36.4 Å². The molecule has 164 valence electrons. The van der Waals surface area contributed by atoms with E-state index in [4.69, 9.17) is 0 Å². The Labute approximate surface area is 180 Å². The van der Waals surface area contributed by atoms with Gasteiger partial charge in [0.15, 0.2) is 0 Å². The SMILES string of the molecule is CC(=O)N1c2ccc(-c3ccc(NS(C)(=O)=O)c(F)c3)cc2N(C(=O)C2CC2)C[C@@H]1C. The number of nitrogens with zero attached hydrogens (tertiary/aromatic N) is 2. The molecule has 2 aliphatic rings. The minimum absolute atomic E-state index is 0.0198. The molecule has 4 rings (SSSR count). The summed E-state index contributed by atoms with van der Waals surface area (Å²) < 4.78 is 39.4. The molecule has 7 nitrogen and oxygen atoms in total. The highest BCUT2D eigenvalue weighted by molar-refractivity contribution is 7.92. The molecule has 1 aliphatic carbocycles. The average Bonchev–Trinajstić information content (AvgIpc) is 3.52. The van der Waals surface area contributed by atoms with Crippen molar-refractivity contribution in [2.24, 2.45) is 5.92 Å². The Hall–Kier alpha value is -2.94. The fraction of sp³-hybridized carbons (Fsp3) is 0.364. The van der Waals surface area contributed by atoms with Gasteiger partial charge in [0, 0.05) is 19.4 Å². The smallest absolute Gasteiger partial charge is 0.230 e. The largest absolute Gasteiger partial charge is 0.308 e. The van der Waals surface area contributed by atoms with Crippen LogP contribution in [0, 0.1) is 11.7 Å². The molecule has 0 spiro atoms. The van der Waals surface area contributed by atoms with Gasteiger partial charge in [-0.2, -0.15) is 0 Å². The highest BCUT2D eigenvalue weighted by Gasteiger charge is 2.39. The Morgan fingerprint density at radius 2 is 1.71 bits per heavy atom. The number of sulfonamides is 1. The van der Waals surface area contributed by atoms with Crippen LogP contribution < -0.4 is 14.5 Å². The summed E-state index contributed by atoms with van der Waals surface area (Å²) in [6, 6.07) is 9.40. The number of rotatable bonds is 4. The van der Waals surface area contributed by atoms with Gasteiger partial charge in [-0.1, -0.05) is 12.1 Å². The first-order chi connectivity index (χ1) is 14.5. The Balaban J connectivity index is 1.76. The summed E-state index contributed by atoms with van der Waals surface area (Å²) in [6.45, 7) is 3.81. The summed E-state index contributed by atoms with van der Waals surface area (Å²) in [5.74, 6) is -0.744. The van der Waals surface area contributed by atoms with Crippen LogP contribution in [0.25, 0.3) is 11.1 Å². The van der Waals surface area contributed by atoms with Crippen LogP contribution in [-0.4, -0.2) is 39.1 Å². The van der Waals surface area contributed by atoms with Crippen molar-refractivity contribution >= 4 is 38.9 Å². The fourth-order valence-electron chi connectivity index (χ4n) is 4.02. The van der Waals surface area contributed by atoms with Gasteiger partial charge in [-0.05, 0) is 55.2 Å². The molecule has 2 aromatic rings. The lowest BCUT2D eigenvalue weighted by Gasteiger charge is -2.41. The molecule has 0 unspecified atom stereocenters. The third-order valence-corrected chi connectivity index (χ3v) is 6.13. The van der Waals surface area contributed by atoms with E-state index < -0.39 is 15.8 Å². The maximum absolute atomic E-state index is 14.5. The lowest BCUT2D eigenvalue weighted by atomic mass is 10.00. The zero-order valence-corrected chi connectivity index (χ0v) is 18.4. The monoisotopic (exact) mass is 445 g/mol. The number of halogens is 1. The normalized spacial score (nSPS) is 18.5. The molecule has 1 fully saturated rings. The summed E-state index contributed by atoms with van der Waals surface area (Å²) in [7, 11) is -3.60. The Morgan fingerprint density at radius 3 is 2.29 bits per heavy atom. The second-order valence-corrected chi connectivity index (χ2v) is 9.98. The number of amides is 2.